The lowest BCUT2D eigenvalue weighted by Gasteiger charge is -2.31. The van der Waals surface area contributed by atoms with Gasteiger partial charge in [-0.1, -0.05) is 54.6 Å². The first-order valence-electron chi connectivity index (χ1n) is 13.4. The molecule has 1 atom stereocenters. The number of alkyl halides is 3. The van der Waals surface area contributed by atoms with Gasteiger partial charge in [-0.2, -0.15) is 18.3 Å². The van der Waals surface area contributed by atoms with E-state index in [2.05, 4.69) is 47.0 Å². The molecule has 0 saturated carbocycles. The van der Waals surface area contributed by atoms with Gasteiger partial charge in [-0.25, -0.2) is 4.98 Å². The fraction of sp³-hybridized carbons (Fsp3) is 0.300. The average Bonchev–Trinajstić information content (AvgIpc) is 3.74. The Balaban J connectivity index is 1.04. The lowest BCUT2D eigenvalue weighted by Crippen LogP contribution is -2.40. The van der Waals surface area contributed by atoms with Crippen molar-refractivity contribution in [1.82, 2.24) is 25.1 Å². The van der Waals surface area contributed by atoms with Crippen molar-refractivity contribution >= 4 is 22.9 Å². The molecule has 2 aliphatic heterocycles. The maximum Gasteiger partial charge on any atom is 0.435 e. The number of carbonyl (C=O) groups excluding carboxylic acids is 1. The molecule has 1 fully saturated rings. The monoisotopic (exact) mass is 579 g/mol. The number of hydrogen-bond acceptors (Lipinski definition) is 6. The third-order valence-electron chi connectivity index (χ3n) is 7.51. The molecule has 0 bridgehead atoms. The van der Waals surface area contributed by atoms with E-state index in [-0.39, 0.29) is 24.5 Å². The number of hydrogen-bond donors (Lipinski definition) is 1. The van der Waals surface area contributed by atoms with Crippen LogP contribution in [0, 0.1) is 6.92 Å². The molecule has 7 nitrogen and oxygen atoms in total. The Hall–Kier alpha value is -3.96. The summed E-state index contributed by atoms with van der Waals surface area (Å²) in [5, 5.41) is 6.59. The van der Waals surface area contributed by atoms with Gasteiger partial charge in [0.2, 0.25) is 5.91 Å². The Labute approximate surface area is 239 Å². The molecule has 1 saturated heterocycles. The van der Waals surface area contributed by atoms with E-state index in [9.17, 15) is 18.0 Å². The molecule has 0 aliphatic carbocycles. The maximum atomic E-state index is 13.0. The topological polar surface area (TPSA) is 72.3 Å². The molecule has 2 aliphatic rings. The maximum absolute atomic E-state index is 13.0. The largest absolute Gasteiger partial charge is 0.435 e. The number of aryl methyl sites for hydroxylation is 1. The summed E-state index contributed by atoms with van der Waals surface area (Å²) in [4.78, 5) is 25.2. The molecule has 1 unspecified atom stereocenters. The number of hydroxylamine groups is 1. The standard InChI is InChI=1S/C30H28F3N5O2S/c1-19-15-27(30(31,32)33)35-38(19)17-28(39)37-13-11-23(12-14-37)29-34-25(18-41-29)24-16-26(40-36-24)22-9-7-21(8-10-22)20-5-3-2-4-6-20/h2-10,15-16,18,23,26,36H,11-14,17H2,1H3. The van der Waals surface area contributed by atoms with Crippen molar-refractivity contribution in [3.8, 4) is 11.1 Å². The van der Waals surface area contributed by atoms with Gasteiger partial charge in [-0.05, 0) is 48.6 Å². The molecule has 4 heterocycles. The normalized spacial score (nSPS) is 17.9. The minimum absolute atomic E-state index is 0.204. The van der Waals surface area contributed by atoms with Gasteiger partial charge in [0.25, 0.3) is 0 Å². The smallest absolute Gasteiger partial charge is 0.341 e. The molecule has 212 valence electrons. The van der Waals surface area contributed by atoms with Crippen LogP contribution in [0.3, 0.4) is 0 Å². The Morgan fingerprint density at radius 1 is 1.07 bits per heavy atom. The van der Waals surface area contributed by atoms with Crippen molar-refractivity contribution in [3.05, 3.63) is 99.8 Å². The molecule has 2 aromatic heterocycles. The van der Waals surface area contributed by atoms with E-state index in [1.54, 1.807) is 16.2 Å². The third kappa shape index (κ3) is 5.91. The predicted octanol–water partition coefficient (Wildman–Crippen LogP) is 6.36. The van der Waals surface area contributed by atoms with Crippen molar-refractivity contribution in [2.75, 3.05) is 13.1 Å². The molecule has 0 spiro atoms. The molecule has 11 heteroatoms. The second kappa shape index (κ2) is 11.1. The first-order valence-corrected chi connectivity index (χ1v) is 14.3. The highest BCUT2D eigenvalue weighted by Crippen LogP contribution is 2.35. The number of carbonyl (C=O) groups is 1. The zero-order valence-corrected chi connectivity index (χ0v) is 23.1. The Morgan fingerprint density at radius 3 is 2.46 bits per heavy atom. The summed E-state index contributed by atoms with van der Waals surface area (Å²) < 4.78 is 40.0. The van der Waals surface area contributed by atoms with E-state index in [4.69, 9.17) is 9.82 Å². The van der Waals surface area contributed by atoms with Crippen molar-refractivity contribution in [2.24, 2.45) is 0 Å². The molecular formula is C30H28F3N5O2S. The van der Waals surface area contributed by atoms with Crippen LogP contribution in [0.25, 0.3) is 16.8 Å². The fourth-order valence-corrected chi connectivity index (χ4v) is 6.15. The number of aromatic nitrogens is 3. The first-order chi connectivity index (χ1) is 19.7. The summed E-state index contributed by atoms with van der Waals surface area (Å²) in [7, 11) is 0. The molecule has 1 N–H and O–H groups in total. The Bertz CT molecular complexity index is 1550. The summed E-state index contributed by atoms with van der Waals surface area (Å²) in [5.41, 5.74) is 7.34. The quantitative estimate of drug-likeness (QED) is 0.288. The predicted molar refractivity (Wildman–Crippen MR) is 149 cm³/mol. The van der Waals surface area contributed by atoms with Crippen LogP contribution in [-0.2, 0) is 22.4 Å². The van der Waals surface area contributed by atoms with Crippen LogP contribution in [0.2, 0.25) is 0 Å². The van der Waals surface area contributed by atoms with E-state index in [0.717, 1.165) is 51.1 Å². The number of halogens is 3. The number of likely N-dealkylation sites (tertiary alicyclic amines) is 1. The number of thiazole rings is 1. The van der Waals surface area contributed by atoms with Gasteiger partial charge in [0.05, 0.1) is 16.4 Å². The Kier molecular flexibility index (Phi) is 7.39. The van der Waals surface area contributed by atoms with Crippen LogP contribution in [0.5, 0.6) is 0 Å². The highest BCUT2D eigenvalue weighted by molar-refractivity contribution is 7.09. The Morgan fingerprint density at radius 2 is 1.78 bits per heavy atom. The number of amides is 1. The highest BCUT2D eigenvalue weighted by atomic mass is 32.1. The van der Waals surface area contributed by atoms with Crippen LogP contribution < -0.4 is 5.48 Å². The van der Waals surface area contributed by atoms with E-state index in [1.807, 2.05) is 29.7 Å². The number of nitrogens with zero attached hydrogens (tertiary/aromatic N) is 4. The number of nitrogens with one attached hydrogen (secondary N) is 1. The number of rotatable bonds is 6. The van der Waals surface area contributed by atoms with Gasteiger partial charge in [-0.3, -0.25) is 19.8 Å². The van der Waals surface area contributed by atoms with E-state index in [1.165, 1.54) is 12.5 Å². The van der Waals surface area contributed by atoms with Crippen molar-refractivity contribution in [2.45, 2.75) is 44.5 Å². The van der Waals surface area contributed by atoms with E-state index < -0.39 is 11.9 Å². The second-order valence-electron chi connectivity index (χ2n) is 10.3. The molecule has 0 radical (unpaired) electrons. The van der Waals surface area contributed by atoms with Crippen LogP contribution in [0.4, 0.5) is 13.2 Å². The third-order valence-corrected chi connectivity index (χ3v) is 8.52. The molecular weight excluding hydrogens is 551 g/mol. The summed E-state index contributed by atoms with van der Waals surface area (Å²) in [6.45, 7) is 2.36. The number of piperidine rings is 1. The van der Waals surface area contributed by atoms with Gasteiger partial charge >= 0.3 is 6.18 Å². The van der Waals surface area contributed by atoms with Crippen molar-refractivity contribution in [1.29, 1.82) is 0 Å². The molecule has 4 aromatic rings. The second-order valence-corrected chi connectivity index (χ2v) is 11.2. The van der Waals surface area contributed by atoms with Crippen LogP contribution in [-0.4, -0.2) is 38.7 Å². The van der Waals surface area contributed by atoms with Crippen molar-refractivity contribution < 1.29 is 22.8 Å². The molecule has 2 aromatic carbocycles. The van der Waals surface area contributed by atoms with Crippen molar-refractivity contribution in [3.63, 3.8) is 0 Å². The number of benzene rings is 2. The van der Waals surface area contributed by atoms with Gasteiger partial charge < -0.3 is 4.90 Å². The zero-order chi connectivity index (χ0) is 28.6. The van der Waals surface area contributed by atoms with Gasteiger partial charge in [0.15, 0.2) is 5.69 Å². The lowest BCUT2D eigenvalue weighted by molar-refractivity contribution is -0.142. The highest BCUT2D eigenvalue weighted by Gasteiger charge is 2.35. The minimum atomic E-state index is -4.53. The first kappa shape index (κ1) is 27.2. The summed E-state index contributed by atoms with van der Waals surface area (Å²) in [6, 6.07) is 19.5. The van der Waals surface area contributed by atoms with Crippen LogP contribution >= 0.6 is 11.3 Å². The van der Waals surface area contributed by atoms with E-state index >= 15 is 0 Å². The molecule has 1 amide bonds. The lowest BCUT2D eigenvalue weighted by atomic mass is 9.97. The van der Waals surface area contributed by atoms with Gasteiger partial charge in [0, 0.05) is 30.1 Å². The average molecular weight is 580 g/mol. The van der Waals surface area contributed by atoms with Crippen LogP contribution in [0.1, 0.15) is 52.5 Å². The summed E-state index contributed by atoms with van der Waals surface area (Å²) >= 11 is 1.59. The van der Waals surface area contributed by atoms with E-state index in [0.29, 0.717) is 18.8 Å². The fourth-order valence-electron chi connectivity index (χ4n) is 5.16. The van der Waals surface area contributed by atoms with Gasteiger partial charge in [0.1, 0.15) is 12.6 Å². The SMILES string of the molecule is Cc1cc(C(F)(F)F)nn1CC(=O)N1CCC(c2nc(C3=CC(c4ccc(-c5ccccc5)cc4)ON3)cs2)CC1. The van der Waals surface area contributed by atoms with Crippen LogP contribution in [0.15, 0.2) is 72.1 Å². The summed E-state index contributed by atoms with van der Waals surface area (Å²) in [5.74, 6) is -0.0196. The summed E-state index contributed by atoms with van der Waals surface area (Å²) in [6.07, 6.45) is -1.25. The zero-order valence-electron chi connectivity index (χ0n) is 22.3. The minimum Gasteiger partial charge on any atom is -0.341 e. The molecule has 41 heavy (non-hydrogen) atoms. The molecule has 6 rings (SSSR count). The van der Waals surface area contributed by atoms with Gasteiger partial charge in [-0.15, -0.1) is 11.3 Å².